The normalized spacial score (nSPS) is 11.7. The number of aryl methyl sites for hydroxylation is 2. The van der Waals surface area contributed by atoms with Gasteiger partial charge >= 0.3 is 5.97 Å². The summed E-state index contributed by atoms with van der Waals surface area (Å²) >= 11 is 1.53. The summed E-state index contributed by atoms with van der Waals surface area (Å²) in [5, 5.41) is 7.24. The first-order valence-corrected chi connectivity index (χ1v) is 7.80. The van der Waals surface area contributed by atoms with E-state index in [0.29, 0.717) is 6.61 Å². The number of thiazole rings is 1. The highest BCUT2D eigenvalue weighted by atomic mass is 32.1. The number of nitrogens with zero attached hydrogens (tertiary/aromatic N) is 3. The Labute approximate surface area is 129 Å². The van der Waals surface area contributed by atoms with Gasteiger partial charge in [-0.15, -0.1) is 11.3 Å². The molecule has 0 saturated heterocycles. The molecule has 0 aromatic carbocycles. The van der Waals surface area contributed by atoms with Gasteiger partial charge < -0.3 is 4.74 Å². The van der Waals surface area contributed by atoms with Gasteiger partial charge in [-0.1, -0.05) is 0 Å². The van der Waals surface area contributed by atoms with E-state index in [0.717, 1.165) is 27.7 Å². The van der Waals surface area contributed by atoms with Crippen molar-refractivity contribution in [3.8, 4) is 10.6 Å². The van der Waals surface area contributed by atoms with Crippen LogP contribution in [0.5, 0.6) is 0 Å². The Morgan fingerprint density at radius 3 is 2.62 bits per heavy atom. The summed E-state index contributed by atoms with van der Waals surface area (Å²) in [5.41, 5.74) is 3.07. The molecule has 0 aliphatic rings. The highest BCUT2D eigenvalue weighted by Crippen LogP contribution is 2.33. The fraction of sp³-hybridized carbons (Fsp3) is 0.533. The molecule has 2 heterocycles. The van der Waals surface area contributed by atoms with Crippen molar-refractivity contribution in [2.75, 3.05) is 6.61 Å². The molecule has 0 atom stereocenters. The number of hydrogen-bond acceptors (Lipinski definition) is 5. The molecule has 0 saturated carbocycles. The molecule has 0 amide bonds. The van der Waals surface area contributed by atoms with Crippen LogP contribution >= 0.6 is 11.3 Å². The van der Waals surface area contributed by atoms with Gasteiger partial charge in [-0.3, -0.25) is 9.48 Å². The molecule has 0 N–H and O–H groups in total. The van der Waals surface area contributed by atoms with Crippen LogP contribution in [0.2, 0.25) is 0 Å². The van der Waals surface area contributed by atoms with E-state index in [1.165, 1.54) is 11.3 Å². The Morgan fingerprint density at radius 2 is 2.10 bits per heavy atom. The van der Waals surface area contributed by atoms with Crippen molar-refractivity contribution >= 4 is 17.3 Å². The summed E-state index contributed by atoms with van der Waals surface area (Å²) in [5.74, 6) is -0.249. The zero-order valence-corrected chi connectivity index (χ0v) is 14.2. The predicted molar refractivity (Wildman–Crippen MR) is 83.4 cm³/mol. The molecule has 0 aliphatic heterocycles. The predicted octanol–water partition coefficient (Wildman–Crippen LogP) is 3.00. The van der Waals surface area contributed by atoms with E-state index in [-0.39, 0.29) is 5.97 Å². The Bertz CT molecular complexity index is 671. The van der Waals surface area contributed by atoms with E-state index in [2.05, 4.69) is 10.1 Å². The fourth-order valence-electron chi connectivity index (χ4n) is 2.17. The van der Waals surface area contributed by atoms with Gasteiger partial charge in [0, 0.05) is 18.1 Å². The Hall–Kier alpha value is -1.69. The minimum absolute atomic E-state index is 0.249. The molecule has 5 nitrogen and oxygen atoms in total. The first-order chi connectivity index (χ1) is 9.78. The minimum Gasteiger partial charge on any atom is -0.465 e. The molecule has 0 fully saturated rings. The second kappa shape index (κ2) is 5.60. The molecule has 114 valence electrons. The number of esters is 1. The third-order valence-corrected chi connectivity index (χ3v) is 4.51. The summed E-state index contributed by atoms with van der Waals surface area (Å²) in [6, 6.07) is 0. The number of carbonyl (C=O) groups is 1. The monoisotopic (exact) mass is 307 g/mol. The summed E-state index contributed by atoms with van der Waals surface area (Å²) in [6.07, 6.45) is 0. The summed E-state index contributed by atoms with van der Waals surface area (Å²) < 4.78 is 6.99. The second-order valence-corrected chi connectivity index (χ2v) is 6.41. The molecule has 21 heavy (non-hydrogen) atoms. The molecule has 2 aromatic rings. The van der Waals surface area contributed by atoms with E-state index >= 15 is 0 Å². The number of ether oxygens (including phenoxy) is 1. The van der Waals surface area contributed by atoms with Crippen molar-refractivity contribution in [2.24, 2.45) is 7.05 Å². The van der Waals surface area contributed by atoms with Crippen molar-refractivity contribution in [1.82, 2.24) is 14.8 Å². The van der Waals surface area contributed by atoms with Gasteiger partial charge in [0.25, 0.3) is 0 Å². The van der Waals surface area contributed by atoms with Gasteiger partial charge in [0.1, 0.15) is 10.4 Å². The zero-order valence-electron chi connectivity index (χ0n) is 13.4. The maximum atomic E-state index is 12.1. The zero-order chi connectivity index (χ0) is 15.8. The lowest BCUT2D eigenvalue weighted by atomic mass is 9.90. The molecular weight excluding hydrogens is 286 g/mol. The van der Waals surface area contributed by atoms with E-state index in [1.54, 1.807) is 0 Å². The van der Waals surface area contributed by atoms with Crippen LogP contribution in [0.4, 0.5) is 0 Å². The van der Waals surface area contributed by atoms with E-state index < -0.39 is 5.41 Å². The quantitative estimate of drug-likeness (QED) is 0.815. The van der Waals surface area contributed by atoms with Gasteiger partial charge in [0.05, 0.1) is 23.6 Å². The van der Waals surface area contributed by atoms with Crippen molar-refractivity contribution in [2.45, 2.75) is 40.0 Å². The SMILES string of the molecule is CCOC(=O)C(C)(C)c1csc(-c2c(C)nn(C)c2C)n1. The lowest BCUT2D eigenvalue weighted by Gasteiger charge is -2.19. The van der Waals surface area contributed by atoms with Crippen LogP contribution in [0.15, 0.2) is 5.38 Å². The molecule has 2 aromatic heterocycles. The molecule has 0 unspecified atom stereocenters. The smallest absolute Gasteiger partial charge is 0.317 e. The summed E-state index contributed by atoms with van der Waals surface area (Å²) in [4.78, 5) is 16.7. The molecule has 6 heteroatoms. The van der Waals surface area contributed by atoms with Gasteiger partial charge in [0.15, 0.2) is 0 Å². The van der Waals surface area contributed by atoms with E-state index in [9.17, 15) is 4.79 Å². The maximum absolute atomic E-state index is 12.1. The highest BCUT2D eigenvalue weighted by Gasteiger charge is 2.34. The van der Waals surface area contributed by atoms with Crippen LogP contribution in [-0.2, 0) is 22.0 Å². The molecular formula is C15H21N3O2S. The Kier molecular flexibility index (Phi) is 4.18. The third-order valence-electron chi connectivity index (χ3n) is 3.65. The van der Waals surface area contributed by atoms with Gasteiger partial charge in [-0.2, -0.15) is 5.10 Å². The molecule has 0 bridgehead atoms. The average molecular weight is 307 g/mol. The highest BCUT2D eigenvalue weighted by molar-refractivity contribution is 7.13. The van der Waals surface area contributed by atoms with Gasteiger partial charge in [-0.25, -0.2) is 4.98 Å². The number of rotatable bonds is 4. The first-order valence-electron chi connectivity index (χ1n) is 6.92. The average Bonchev–Trinajstić information content (AvgIpc) is 2.97. The number of hydrogen-bond donors (Lipinski definition) is 0. The third kappa shape index (κ3) is 2.72. The number of carbonyl (C=O) groups excluding carboxylic acids is 1. The Balaban J connectivity index is 2.40. The minimum atomic E-state index is -0.741. The fourth-order valence-corrected chi connectivity index (χ4v) is 3.31. The van der Waals surface area contributed by atoms with Gasteiger partial charge in [-0.05, 0) is 34.6 Å². The van der Waals surface area contributed by atoms with Crippen LogP contribution in [0, 0.1) is 13.8 Å². The van der Waals surface area contributed by atoms with Crippen LogP contribution < -0.4 is 0 Å². The lowest BCUT2D eigenvalue weighted by Crippen LogP contribution is -2.31. The topological polar surface area (TPSA) is 57.0 Å². The van der Waals surface area contributed by atoms with Crippen molar-refractivity contribution < 1.29 is 9.53 Å². The standard InChI is InChI=1S/C15H21N3O2S/c1-7-20-14(19)15(4,5)11-8-21-13(16-11)12-9(2)17-18(6)10(12)3/h8H,7H2,1-6H3. The molecule has 0 radical (unpaired) electrons. The van der Waals surface area contributed by atoms with Gasteiger partial charge in [0.2, 0.25) is 0 Å². The van der Waals surface area contributed by atoms with Crippen LogP contribution in [-0.4, -0.2) is 27.3 Å². The lowest BCUT2D eigenvalue weighted by molar-refractivity contribution is -0.148. The van der Waals surface area contributed by atoms with Crippen molar-refractivity contribution in [3.63, 3.8) is 0 Å². The summed E-state index contributed by atoms with van der Waals surface area (Å²) in [6.45, 7) is 9.86. The van der Waals surface area contributed by atoms with Crippen molar-refractivity contribution in [3.05, 3.63) is 22.5 Å². The van der Waals surface area contributed by atoms with Crippen molar-refractivity contribution in [1.29, 1.82) is 0 Å². The van der Waals surface area contributed by atoms with E-state index in [4.69, 9.17) is 4.74 Å². The van der Waals surface area contributed by atoms with Crippen LogP contribution in [0.25, 0.3) is 10.6 Å². The van der Waals surface area contributed by atoms with Crippen LogP contribution in [0.1, 0.15) is 37.9 Å². The Morgan fingerprint density at radius 1 is 1.43 bits per heavy atom. The summed E-state index contributed by atoms with van der Waals surface area (Å²) in [7, 11) is 1.92. The second-order valence-electron chi connectivity index (χ2n) is 5.55. The number of aromatic nitrogens is 3. The molecule has 2 rings (SSSR count). The van der Waals surface area contributed by atoms with Crippen LogP contribution in [0.3, 0.4) is 0 Å². The molecule has 0 aliphatic carbocycles. The largest absolute Gasteiger partial charge is 0.465 e. The van der Waals surface area contributed by atoms with E-state index in [1.807, 2.05) is 51.7 Å². The molecule has 0 spiro atoms. The first kappa shape index (κ1) is 15.7. The maximum Gasteiger partial charge on any atom is 0.317 e.